The molecule has 0 aliphatic rings. The lowest BCUT2D eigenvalue weighted by atomic mass is 9.86. The largest absolute Gasteiger partial charge is 0.453 e. The SMILES string of the molecule is CC(CCc1ccccc1)NC(=O)COC(=O)C(O)(c1ccccc1)c1ccccc1. The maximum atomic E-state index is 12.9. The molecule has 1 atom stereocenters. The molecule has 0 fully saturated rings. The Bertz CT molecular complexity index is 935. The third kappa shape index (κ3) is 5.80. The first-order valence-corrected chi connectivity index (χ1v) is 10.3. The molecule has 5 nitrogen and oxygen atoms in total. The minimum atomic E-state index is -2.00. The van der Waals surface area contributed by atoms with Gasteiger partial charge in [-0.05, 0) is 36.5 Å². The topological polar surface area (TPSA) is 75.6 Å². The van der Waals surface area contributed by atoms with Crippen molar-refractivity contribution in [3.63, 3.8) is 0 Å². The van der Waals surface area contributed by atoms with Gasteiger partial charge in [-0.25, -0.2) is 4.79 Å². The molecule has 0 aliphatic heterocycles. The molecule has 31 heavy (non-hydrogen) atoms. The van der Waals surface area contributed by atoms with Crippen molar-refractivity contribution in [2.24, 2.45) is 0 Å². The van der Waals surface area contributed by atoms with E-state index in [0.29, 0.717) is 11.1 Å². The summed E-state index contributed by atoms with van der Waals surface area (Å²) in [6, 6.07) is 27.1. The lowest BCUT2D eigenvalue weighted by Gasteiger charge is -2.27. The summed E-state index contributed by atoms with van der Waals surface area (Å²) in [5.41, 5.74) is -0.0432. The summed E-state index contributed by atoms with van der Waals surface area (Å²) in [6.07, 6.45) is 1.60. The summed E-state index contributed by atoms with van der Waals surface area (Å²) >= 11 is 0. The lowest BCUT2D eigenvalue weighted by molar-refractivity contribution is -0.164. The zero-order valence-electron chi connectivity index (χ0n) is 17.5. The molecule has 1 amide bonds. The van der Waals surface area contributed by atoms with Crippen molar-refractivity contribution in [1.82, 2.24) is 5.32 Å². The van der Waals surface area contributed by atoms with E-state index < -0.39 is 24.1 Å². The number of hydrogen-bond donors (Lipinski definition) is 2. The molecule has 160 valence electrons. The Balaban J connectivity index is 1.60. The molecule has 1 unspecified atom stereocenters. The van der Waals surface area contributed by atoms with Gasteiger partial charge >= 0.3 is 5.97 Å². The van der Waals surface area contributed by atoms with Crippen LogP contribution < -0.4 is 5.32 Å². The predicted octanol–water partition coefficient (Wildman–Crippen LogP) is 3.60. The molecule has 0 bridgehead atoms. The average molecular weight is 418 g/mol. The number of carbonyl (C=O) groups excluding carboxylic acids is 2. The van der Waals surface area contributed by atoms with E-state index in [0.717, 1.165) is 12.8 Å². The Hall–Kier alpha value is -3.44. The average Bonchev–Trinajstić information content (AvgIpc) is 2.82. The van der Waals surface area contributed by atoms with Gasteiger partial charge in [0.15, 0.2) is 6.61 Å². The van der Waals surface area contributed by atoms with E-state index >= 15 is 0 Å². The van der Waals surface area contributed by atoms with Gasteiger partial charge < -0.3 is 15.2 Å². The van der Waals surface area contributed by atoms with Crippen LogP contribution >= 0.6 is 0 Å². The summed E-state index contributed by atoms with van der Waals surface area (Å²) < 4.78 is 5.24. The molecule has 0 heterocycles. The van der Waals surface area contributed by atoms with Crippen LogP contribution in [-0.4, -0.2) is 29.6 Å². The monoisotopic (exact) mass is 417 g/mol. The molecule has 3 aromatic rings. The van der Waals surface area contributed by atoms with Crippen molar-refractivity contribution >= 4 is 11.9 Å². The van der Waals surface area contributed by atoms with Crippen molar-refractivity contribution in [2.45, 2.75) is 31.4 Å². The number of esters is 1. The number of benzene rings is 3. The van der Waals surface area contributed by atoms with Gasteiger partial charge in [0.2, 0.25) is 5.60 Å². The van der Waals surface area contributed by atoms with Crippen LogP contribution in [0.3, 0.4) is 0 Å². The fourth-order valence-corrected chi connectivity index (χ4v) is 3.41. The smallest absolute Gasteiger partial charge is 0.348 e. The van der Waals surface area contributed by atoms with Crippen molar-refractivity contribution in [2.75, 3.05) is 6.61 Å². The summed E-state index contributed by atoms with van der Waals surface area (Å²) in [6.45, 7) is 1.45. The van der Waals surface area contributed by atoms with E-state index in [-0.39, 0.29) is 6.04 Å². The zero-order valence-corrected chi connectivity index (χ0v) is 17.5. The second kappa shape index (κ2) is 10.5. The minimum absolute atomic E-state index is 0.0754. The minimum Gasteiger partial charge on any atom is -0.453 e. The van der Waals surface area contributed by atoms with Crippen LogP contribution in [0.4, 0.5) is 0 Å². The molecule has 0 spiro atoms. The highest BCUT2D eigenvalue weighted by Crippen LogP contribution is 2.30. The first-order valence-electron chi connectivity index (χ1n) is 10.3. The normalized spacial score (nSPS) is 12.1. The van der Waals surface area contributed by atoms with Gasteiger partial charge in [-0.1, -0.05) is 91.0 Å². The molecular formula is C26H27NO4. The molecule has 3 aromatic carbocycles. The van der Waals surface area contributed by atoms with E-state index in [1.807, 2.05) is 37.3 Å². The molecular weight excluding hydrogens is 390 g/mol. The highest BCUT2D eigenvalue weighted by molar-refractivity contribution is 5.88. The van der Waals surface area contributed by atoms with Gasteiger partial charge in [-0.2, -0.15) is 0 Å². The Labute approximate surface area is 182 Å². The number of aliphatic hydroxyl groups is 1. The number of rotatable bonds is 9. The Morgan fingerprint density at radius 1 is 0.871 bits per heavy atom. The highest BCUT2D eigenvalue weighted by atomic mass is 16.6. The van der Waals surface area contributed by atoms with Crippen LogP contribution in [0.5, 0.6) is 0 Å². The summed E-state index contributed by atoms with van der Waals surface area (Å²) in [4.78, 5) is 25.2. The molecule has 0 aliphatic carbocycles. The van der Waals surface area contributed by atoms with E-state index in [2.05, 4.69) is 5.32 Å². The van der Waals surface area contributed by atoms with E-state index in [9.17, 15) is 14.7 Å². The maximum Gasteiger partial charge on any atom is 0.348 e. The van der Waals surface area contributed by atoms with Crippen LogP contribution in [0, 0.1) is 0 Å². The van der Waals surface area contributed by atoms with E-state index in [4.69, 9.17) is 4.74 Å². The highest BCUT2D eigenvalue weighted by Gasteiger charge is 2.41. The van der Waals surface area contributed by atoms with Crippen molar-refractivity contribution in [3.05, 3.63) is 108 Å². The van der Waals surface area contributed by atoms with Crippen LogP contribution in [0.2, 0.25) is 0 Å². The van der Waals surface area contributed by atoms with Gasteiger partial charge in [-0.3, -0.25) is 4.79 Å². The molecule has 2 N–H and O–H groups in total. The third-order valence-corrected chi connectivity index (χ3v) is 5.13. The number of amides is 1. The van der Waals surface area contributed by atoms with Crippen LogP contribution in [0.15, 0.2) is 91.0 Å². The van der Waals surface area contributed by atoms with Crippen molar-refractivity contribution < 1.29 is 19.4 Å². The van der Waals surface area contributed by atoms with Gasteiger partial charge in [0.05, 0.1) is 0 Å². The van der Waals surface area contributed by atoms with Gasteiger partial charge in [0, 0.05) is 6.04 Å². The first-order chi connectivity index (χ1) is 15.0. The number of nitrogens with one attached hydrogen (secondary N) is 1. The molecule has 0 saturated heterocycles. The molecule has 5 heteroatoms. The zero-order chi connectivity index (χ0) is 22.1. The standard InChI is InChI=1S/C26H27NO4/c1-20(17-18-21-11-5-2-6-12-21)27-24(28)19-31-25(29)26(30,22-13-7-3-8-14-22)23-15-9-4-10-16-23/h2-16,20,30H,17-19H2,1H3,(H,27,28). The van der Waals surface area contributed by atoms with Crippen molar-refractivity contribution in [1.29, 1.82) is 0 Å². The molecule has 0 saturated carbocycles. The molecule has 3 rings (SSSR count). The van der Waals surface area contributed by atoms with Gasteiger partial charge in [0.1, 0.15) is 0 Å². The van der Waals surface area contributed by atoms with Crippen molar-refractivity contribution in [3.8, 4) is 0 Å². The van der Waals surface area contributed by atoms with Crippen LogP contribution in [0.25, 0.3) is 0 Å². The van der Waals surface area contributed by atoms with Gasteiger partial charge in [-0.15, -0.1) is 0 Å². The number of carbonyl (C=O) groups is 2. The number of hydrogen-bond acceptors (Lipinski definition) is 4. The summed E-state index contributed by atoms with van der Waals surface area (Å²) in [7, 11) is 0. The van der Waals surface area contributed by atoms with Crippen LogP contribution in [0.1, 0.15) is 30.0 Å². The Morgan fingerprint density at radius 2 is 1.35 bits per heavy atom. The second-order valence-electron chi connectivity index (χ2n) is 7.51. The van der Waals surface area contributed by atoms with E-state index in [1.54, 1.807) is 60.7 Å². The third-order valence-electron chi connectivity index (χ3n) is 5.13. The van der Waals surface area contributed by atoms with Crippen LogP contribution in [-0.2, 0) is 26.3 Å². The fraction of sp³-hybridized carbons (Fsp3) is 0.231. The van der Waals surface area contributed by atoms with Gasteiger partial charge in [0.25, 0.3) is 5.91 Å². The second-order valence-corrected chi connectivity index (χ2v) is 7.51. The molecule has 0 aromatic heterocycles. The Morgan fingerprint density at radius 3 is 1.87 bits per heavy atom. The fourth-order valence-electron chi connectivity index (χ4n) is 3.41. The lowest BCUT2D eigenvalue weighted by Crippen LogP contribution is -2.42. The maximum absolute atomic E-state index is 12.9. The summed E-state index contributed by atoms with van der Waals surface area (Å²) in [5, 5.41) is 14.2. The summed E-state index contributed by atoms with van der Waals surface area (Å²) in [5.74, 6) is -1.30. The predicted molar refractivity (Wildman–Crippen MR) is 119 cm³/mol. The van der Waals surface area contributed by atoms with E-state index in [1.165, 1.54) is 5.56 Å². The Kier molecular flexibility index (Phi) is 7.57. The quantitative estimate of drug-likeness (QED) is 0.522. The number of aryl methyl sites for hydroxylation is 1. The number of ether oxygens (including phenoxy) is 1. The molecule has 0 radical (unpaired) electrons. The first kappa shape index (κ1) is 22.2.